The van der Waals surface area contributed by atoms with Crippen molar-refractivity contribution in [2.24, 2.45) is 0 Å². The SMILES string of the molecule is COc1cc(Br)c(OC(C)CCCNC(C)(C)C)cc1Br. The van der Waals surface area contributed by atoms with Gasteiger partial charge in [-0.25, -0.2) is 0 Å². The molecule has 1 rings (SSSR count). The molecule has 1 aromatic carbocycles. The molecule has 0 amide bonds. The van der Waals surface area contributed by atoms with Crippen LogP contribution in [0.5, 0.6) is 11.5 Å². The van der Waals surface area contributed by atoms with E-state index in [0.29, 0.717) is 0 Å². The summed E-state index contributed by atoms with van der Waals surface area (Å²) in [6.07, 6.45) is 2.27. The van der Waals surface area contributed by atoms with Crippen LogP contribution >= 0.6 is 31.9 Å². The summed E-state index contributed by atoms with van der Waals surface area (Å²) >= 11 is 7.00. The normalized spacial score (nSPS) is 13.1. The van der Waals surface area contributed by atoms with E-state index in [2.05, 4.69) is 64.9 Å². The summed E-state index contributed by atoms with van der Waals surface area (Å²) in [5.74, 6) is 1.62. The lowest BCUT2D eigenvalue weighted by molar-refractivity contribution is 0.204. The molecule has 1 unspecified atom stereocenters. The third-order valence-corrected chi connectivity index (χ3v) is 4.22. The first kappa shape index (κ1) is 18.8. The lowest BCUT2D eigenvalue weighted by Gasteiger charge is -2.21. The highest BCUT2D eigenvalue weighted by Crippen LogP contribution is 2.36. The van der Waals surface area contributed by atoms with Crippen molar-refractivity contribution in [3.63, 3.8) is 0 Å². The van der Waals surface area contributed by atoms with Crippen LogP contribution in [0.1, 0.15) is 40.5 Å². The number of halogens is 2. The minimum Gasteiger partial charge on any atom is -0.496 e. The van der Waals surface area contributed by atoms with Crippen LogP contribution in [-0.2, 0) is 0 Å². The second kappa shape index (κ2) is 8.39. The van der Waals surface area contributed by atoms with Gasteiger partial charge in [0, 0.05) is 5.54 Å². The van der Waals surface area contributed by atoms with Crippen molar-refractivity contribution in [3.05, 3.63) is 21.1 Å². The molecule has 0 aliphatic carbocycles. The van der Waals surface area contributed by atoms with Gasteiger partial charge in [-0.05, 0) is 91.1 Å². The van der Waals surface area contributed by atoms with E-state index in [4.69, 9.17) is 9.47 Å². The average Bonchev–Trinajstić information content (AvgIpc) is 2.37. The van der Waals surface area contributed by atoms with Gasteiger partial charge in [-0.2, -0.15) is 0 Å². The predicted octanol–water partition coefficient (Wildman–Crippen LogP) is 5.16. The van der Waals surface area contributed by atoms with Crippen molar-refractivity contribution in [2.45, 2.75) is 52.2 Å². The highest BCUT2D eigenvalue weighted by Gasteiger charge is 2.12. The highest BCUT2D eigenvalue weighted by molar-refractivity contribution is 9.11. The first-order valence-electron chi connectivity index (χ1n) is 7.17. The van der Waals surface area contributed by atoms with Crippen molar-refractivity contribution < 1.29 is 9.47 Å². The zero-order valence-electron chi connectivity index (χ0n) is 13.4. The topological polar surface area (TPSA) is 30.5 Å². The van der Waals surface area contributed by atoms with E-state index in [1.165, 1.54) is 0 Å². The number of hydrogen-bond acceptors (Lipinski definition) is 3. The molecule has 0 saturated heterocycles. The van der Waals surface area contributed by atoms with E-state index in [-0.39, 0.29) is 11.6 Å². The van der Waals surface area contributed by atoms with E-state index in [1.54, 1.807) is 7.11 Å². The van der Waals surface area contributed by atoms with Crippen molar-refractivity contribution >= 4 is 31.9 Å². The van der Waals surface area contributed by atoms with Crippen LogP contribution in [-0.4, -0.2) is 25.3 Å². The van der Waals surface area contributed by atoms with E-state index in [0.717, 1.165) is 39.8 Å². The molecule has 0 aromatic heterocycles. The van der Waals surface area contributed by atoms with Gasteiger partial charge in [-0.1, -0.05) is 0 Å². The summed E-state index contributed by atoms with van der Waals surface area (Å²) in [4.78, 5) is 0. The Bertz CT molecular complexity index is 458. The zero-order chi connectivity index (χ0) is 16.0. The van der Waals surface area contributed by atoms with Gasteiger partial charge in [-0.3, -0.25) is 0 Å². The molecule has 1 atom stereocenters. The Labute approximate surface area is 145 Å². The standard InChI is InChI=1S/C16H25Br2NO2/c1-11(7-6-8-19-16(2,3)4)21-15-10-12(17)14(20-5)9-13(15)18/h9-11,19H,6-8H2,1-5H3. The molecule has 21 heavy (non-hydrogen) atoms. The fourth-order valence-electron chi connectivity index (χ4n) is 1.89. The molecule has 0 aliphatic heterocycles. The fourth-order valence-corrected chi connectivity index (χ4v) is 2.79. The van der Waals surface area contributed by atoms with Crippen LogP contribution in [0, 0.1) is 0 Å². The van der Waals surface area contributed by atoms with Gasteiger partial charge < -0.3 is 14.8 Å². The summed E-state index contributed by atoms with van der Waals surface area (Å²) < 4.78 is 13.1. The van der Waals surface area contributed by atoms with Gasteiger partial charge in [0.2, 0.25) is 0 Å². The van der Waals surface area contributed by atoms with Crippen molar-refractivity contribution in [3.8, 4) is 11.5 Å². The molecule has 0 heterocycles. The molecule has 0 saturated carbocycles. The number of hydrogen-bond donors (Lipinski definition) is 1. The number of nitrogens with one attached hydrogen (secondary N) is 1. The van der Waals surface area contributed by atoms with Crippen LogP contribution in [0.4, 0.5) is 0 Å². The molecule has 0 fully saturated rings. The van der Waals surface area contributed by atoms with Gasteiger partial charge in [-0.15, -0.1) is 0 Å². The smallest absolute Gasteiger partial charge is 0.135 e. The number of ether oxygens (including phenoxy) is 2. The van der Waals surface area contributed by atoms with Crippen molar-refractivity contribution in [2.75, 3.05) is 13.7 Å². The summed E-state index contributed by atoms with van der Waals surface area (Å²) in [5, 5.41) is 3.49. The van der Waals surface area contributed by atoms with Gasteiger partial charge in [0.15, 0.2) is 0 Å². The Morgan fingerprint density at radius 2 is 1.71 bits per heavy atom. The second-order valence-corrected chi connectivity index (χ2v) is 7.87. The van der Waals surface area contributed by atoms with Gasteiger partial charge >= 0.3 is 0 Å². The molecule has 1 N–H and O–H groups in total. The molecule has 0 aliphatic rings. The molecular weight excluding hydrogens is 398 g/mol. The molecule has 1 aromatic rings. The van der Waals surface area contributed by atoms with E-state index < -0.39 is 0 Å². The number of rotatable bonds is 7. The first-order valence-corrected chi connectivity index (χ1v) is 8.76. The lowest BCUT2D eigenvalue weighted by atomic mass is 10.1. The Hall–Kier alpha value is -0.260. The minimum absolute atomic E-state index is 0.170. The van der Waals surface area contributed by atoms with Crippen LogP contribution in [0.25, 0.3) is 0 Å². The molecule has 0 bridgehead atoms. The minimum atomic E-state index is 0.170. The highest BCUT2D eigenvalue weighted by atomic mass is 79.9. The quantitative estimate of drug-likeness (QED) is 0.615. The summed E-state index contributed by atoms with van der Waals surface area (Å²) in [6.45, 7) is 9.64. The van der Waals surface area contributed by atoms with E-state index in [9.17, 15) is 0 Å². The third-order valence-electron chi connectivity index (χ3n) is 2.98. The van der Waals surface area contributed by atoms with Crippen molar-refractivity contribution in [1.82, 2.24) is 5.32 Å². The maximum Gasteiger partial charge on any atom is 0.135 e. The Morgan fingerprint density at radius 3 is 2.29 bits per heavy atom. The number of benzene rings is 1. The largest absolute Gasteiger partial charge is 0.496 e. The van der Waals surface area contributed by atoms with Gasteiger partial charge in [0.1, 0.15) is 11.5 Å². The molecular formula is C16H25Br2NO2. The molecule has 0 radical (unpaired) electrons. The van der Waals surface area contributed by atoms with Crippen LogP contribution in [0.15, 0.2) is 21.1 Å². The van der Waals surface area contributed by atoms with E-state index in [1.807, 2.05) is 12.1 Å². The molecule has 0 spiro atoms. The average molecular weight is 423 g/mol. The van der Waals surface area contributed by atoms with Crippen LogP contribution in [0.3, 0.4) is 0 Å². The van der Waals surface area contributed by atoms with Crippen LogP contribution < -0.4 is 14.8 Å². The molecule has 3 nitrogen and oxygen atoms in total. The fraction of sp³-hybridized carbons (Fsp3) is 0.625. The number of methoxy groups -OCH3 is 1. The first-order chi connectivity index (χ1) is 9.73. The molecule has 120 valence electrons. The molecule has 5 heteroatoms. The monoisotopic (exact) mass is 421 g/mol. The summed E-state index contributed by atoms with van der Waals surface area (Å²) in [7, 11) is 1.65. The maximum absolute atomic E-state index is 6.00. The summed E-state index contributed by atoms with van der Waals surface area (Å²) in [6, 6.07) is 3.85. The maximum atomic E-state index is 6.00. The Morgan fingerprint density at radius 1 is 1.14 bits per heavy atom. The predicted molar refractivity (Wildman–Crippen MR) is 95.5 cm³/mol. The summed E-state index contributed by atoms with van der Waals surface area (Å²) in [5.41, 5.74) is 0.175. The van der Waals surface area contributed by atoms with Crippen LogP contribution in [0.2, 0.25) is 0 Å². The van der Waals surface area contributed by atoms with Gasteiger partial charge in [0.05, 0.1) is 22.2 Å². The Kier molecular flexibility index (Phi) is 7.51. The second-order valence-electron chi connectivity index (χ2n) is 6.16. The van der Waals surface area contributed by atoms with E-state index >= 15 is 0 Å². The van der Waals surface area contributed by atoms with Crippen molar-refractivity contribution in [1.29, 1.82) is 0 Å². The lowest BCUT2D eigenvalue weighted by Crippen LogP contribution is -2.36. The Balaban J connectivity index is 2.48. The third kappa shape index (κ3) is 7.02. The zero-order valence-corrected chi connectivity index (χ0v) is 16.6. The van der Waals surface area contributed by atoms with Gasteiger partial charge in [0.25, 0.3) is 0 Å².